The van der Waals surface area contributed by atoms with E-state index < -0.39 is 0 Å². The van der Waals surface area contributed by atoms with Crippen molar-refractivity contribution in [1.29, 1.82) is 0 Å². The summed E-state index contributed by atoms with van der Waals surface area (Å²) >= 11 is 0. The molecular weight excluding hydrogens is 124 g/mol. The van der Waals surface area contributed by atoms with Crippen LogP contribution in [0.1, 0.15) is 13.3 Å². The molecule has 7 heavy (non-hydrogen) atoms. The smallest absolute Gasteiger partial charge is 0.00759 e. The molecule has 0 aliphatic carbocycles. The first kappa shape index (κ1) is 7.44. The molecule has 0 amide bonds. The monoisotopic (exact) mass is 134 g/mol. The minimum atomic E-state index is 1.15. The van der Waals surface area contributed by atoms with Crippen LogP contribution in [-0.4, -0.2) is 6.26 Å². The van der Waals surface area contributed by atoms with Gasteiger partial charge in [0.15, 0.2) is 0 Å². The Kier molecular flexibility index (Phi) is 6.84. The summed E-state index contributed by atoms with van der Waals surface area (Å²) in [5.74, 6) is 0. The van der Waals surface area contributed by atoms with Crippen LogP contribution in [0.5, 0.6) is 0 Å². The zero-order chi connectivity index (χ0) is 5.54. The Morgan fingerprint density at radius 2 is 2.29 bits per heavy atom. The van der Waals surface area contributed by atoms with Gasteiger partial charge in [0.25, 0.3) is 0 Å². The van der Waals surface area contributed by atoms with E-state index in [4.69, 9.17) is 0 Å². The third-order valence-electron chi connectivity index (χ3n) is 0.484. The summed E-state index contributed by atoms with van der Waals surface area (Å²) in [6.45, 7) is 2.14. The van der Waals surface area contributed by atoms with Crippen LogP contribution in [0.4, 0.5) is 0 Å². The fourth-order valence-corrected chi connectivity index (χ4v) is 1.14. The van der Waals surface area contributed by atoms with Crippen molar-refractivity contribution in [2.45, 2.75) is 13.3 Å². The minimum absolute atomic E-state index is 1.15. The molecule has 42 valence electrons. The molecule has 0 aromatic rings. The number of allylic oxidation sites excluding steroid dienone is 1. The van der Waals surface area contributed by atoms with Crippen LogP contribution >= 0.6 is 21.6 Å². The van der Waals surface area contributed by atoms with Crippen molar-refractivity contribution in [1.82, 2.24) is 0 Å². The fraction of sp³-hybridized carbons (Fsp3) is 0.600. The number of hydrogen-bond donors (Lipinski definition) is 0. The highest BCUT2D eigenvalue weighted by Gasteiger charge is 1.68. The van der Waals surface area contributed by atoms with Crippen molar-refractivity contribution in [3.63, 3.8) is 0 Å². The summed E-state index contributed by atoms with van der Waals surface area (Å²) in [4.78, 5) is 0. The zero-order valence-corrected chi connectivity index (χ0v) is 6.31. The van der Waals surface area contributed by atoms with Crippen LogP contribution in [-0.2, 0) is 0 Å². The summed E-state index contributed by atoms with van der Waals surface area (Å²) in [7, 11) is 3.54. The van der Waals surface area contributed by atoms with Crippen LogP contribution < -0.4 is 0 Å². The quantitative estimate of drug-likeness (QED) is 0.544. The number of rotatable bonds is 3. The van der Waals surface area contributed by atoms with E-state index in [1.54, 1.807) is 21.6 Å². The van der Waals surface area contributed by atoms with E-state index in [1.807, 2.05) is 0 Å². The van der Waals surface area contributed by atoms with Gasteiger partial charge < -0.3 is 0 Å². The first-order valence-electron chi connectivity index (χ1n) is 2.26. The van der Waals surface area contributed by atoms with Gasteiger partial charge in [-0.25, -0.2) is 0 Å². The van der Waals surface area contributed by atoms with Crippen molar-refractivity contribution < 1.29 is 0 Å². The Balaban J connectivity index is 2.78. The normalized spacial score (nSPS) is 10.6. The summed E-state index contributed by atoms with van der Waals surface area (Å²) < 4.78 is 0. The lowest BCUT2D eigenvalue weighted by Crippen LogP contribution is -1.45. The highest BCUT2D eigenvalue weighted by molar-refractivity contribution is 8.77. The second-order valence-corrected chi connectivity index (χ2v) is 3.42. The third kappa shape index (κ3) is 6.44. The summed E-state index contributed by atoms with van der Waals surface area (Å²) in [6, 6.07) is 0. The average molecular weight is 134 g/mol. The van der Waals surface area contributed by atoms with Crippen LogP contribution in [0.25, 0.3) is 0 Å². The molecule has 0 radical (unpaired) electrons. The molecule has 0 heterocycles. The molecular formula is C5H10S2. The maximum absolute atomic E-state index is 2.15. The summed E-state index contributed by atoms with van der Waals surface area (Å²) in [5, 5.41) is 2.12. The molecule has 0 aliphatic heterocycles. The molecule has 0 aromatic carbocycles. The zero-order valence-electron chi connectivity index (χ0n) is 4.68. The van der Waals surface area contributed by atoms with Crippen LogP contribution in [0, 0.1) is 0 Å². The first-order chi connectivity index (χ1) is 3.41. The molecule has 0 N–H and O–H groups in total. The summed E-state index contributed by atoms with van der Waals surface area (Å²) in [6.07, 6.45) is 5.37. The lowest BCUT2D eigenvalue weighted by atomic mass is 10.5. The van der Waals surface area contributed by atoms with Gasteiger partial charge in [-0.1, -0.05) is 34.6 Å². The Labute approximate surface area is 53.2 Å². The topological polar surface area (TPSA) is 0 Å². The molecule has 0 bridgehead atoms. The van der Waals surface area contributed by atoms with Crippen LogP contribution in [0.15, 0.2) is 11.5 Å². The van der Waals surface area contributed by atoms with Gasteiger partial charge >= 0.3 is 0 Å². The third-order valence-corrected chi connectivity index (χ3v) is 1.89. The lowest BCUT2D eigenvalue weighted by molar-refractivity contribution is 1.23. The Morgan fingerprint density at radius 1 is 1.57 bits per heavy atom. The van der Waals surface area contributed by atoms with Gasteiger partial charge in [-0.2, -0.15) is 0 Å². The van der Waals surface area contributed by atoms with E-state index in [0.717, 1.165) is 6.42 Å². The lowest BCUT2D eigenvalue weighted by Gasteiger charge is -1.79. The number of hydrogen-bond acceptors (Lipinski definition) is 2. The molecule has 0 atom stereocenters. The molecule has 0 unspecified atom stereocenters. The minimum Gasteiger partial charge on any atom is -0.0930 e. The van der Waals surface area contributed by atoms with Crippen molar-refractivity contribution in [3.8, 4) is 0 Å². The largest absolute Gasteiger partial charge is 0.0930 e. The molecule has 0 saturated carbocycles. The fourth-order valence-electron chi connectivity index (χ4n) is 0.191. The first-order valence-corrected chi connectivity index (χ1v) is 4.88. The molecule has 0 aliphatic rings. The van der Waals surface area contributed by atoms with Gasteiger partial charge in [0.2, 0.25) is 0 Å². The second kappa shape index (κ2) is 6.44. The maximum Gasteiger partial charge on any atom is -0.00759 e. The Morgan fingerprint density at radius 3 is 2.71 bits per heavy atom. The SMILES string of the molecule is CCC=CSSC. The van der Waals surface area contributed by atoms with Gasteiger partial charge in [-0.05, 0) is 18.1 Å². The molecule has 0 aromatic heterocycles. The van der Waals surface area contributed by atoms with Gasteiger partial charge in [0, 0.05) is 0 Å². The standard InChI is InChI=1S/C5H10S2/c1-3-4-5-7-6-2/h4-5H,3H2,1-2H3. The highest BCUT2D eigenvalue weighted by Crippen LogP contribution is 2.17. The van der Waals surface area contributed by atoms with Crippen molar-refractivity contribution in [3.05, 3.63) is 11.5 Å². The van der Waals surface area contributed by atoms with Gasteiger partial charge in [-0.15, -0.1) is 0 Å². The van der Waals surface area contributed by atoms with E-state index in [9.17, 15) is 0 Å². The molecule has 0 spiro atoms. The van der Waals surface area contributed by atoms with Crippen molar-refractivity contribution in [2.75, 3.05) is 6.26 Å². The highest BCUT2D eigenvalue weighted by atomic mass is 33.1. The predicted molar refractivity (Wildman–Crippen MR) is 40.5 cm³/mol. The predicted octanol–water partition coefficient (Wildman–Crippen LogP) is 2.92. The molecule has 0 fully saturated rings. The van der Waals surface area contributed by atoms with E-state index in [2.05, 4.69) is 24.7 Å². The molecule has 2 heteroatoms. The second-order valence-electron chi connectivity index (χ2n) is 1.04. The molecule has 0 saturated heterocycles. The maximum atomic E-state index is 2.15. The van der Waals surface area contributed by atoms with Gasteiger partial charge in [-0.3, -0.25) is 0 Å². The molecule has 0 rings (SSSR count). The van der Waals surface area contributed by atoms with E-state index in [1.165, 1.54) is 0 Å². The van der Waals surface area contributed by atoms with Crippen molar-refractivity contribution >= 4 is 21.6 Å². The van der Waals surface area contributed by atoms with E-state index >= 15 is 0 Å². The van der Waals surface area contributed by atoms with E-state index in [0.29, 0.717) is 0 Å². The van der Waals surface area contributed by atoms with Gasteiger partial charge in [0.1, 0.15) is 0 Å². The van der Waals surface area contributed by atoms with Crippen LogP contribution in [0.2, 0.25) is 0 Å². The van der Waals surface area contributed by atoms with Gasteiger partial charge in [0.05, 0.1) is 0 Å². The van der Waals surface area contributed by atoms with Crippen LogP contribution in [0.3, 0.4) is 0 Å². The summed E-state index contributed by atoms with van der Waals surface area (Å²) in [5.41, 5.74) is 0. The van der Waals surface area contributed by atoms with Crippen molar-refractivity contribution in [2.24, 2.45) is 0 Å². The Bertz CT molecular complexity index is 50.0. The van der Waals surface area contributed by atoms with E-state index in [-0.39, 0.29) is 0 Å². The Hall–Kier alpha value is 0.440. The molecule has 0 nitrogen and oxygen atoms in total. The average Bonchev–Trinajstić information content (AvgIpc) is 1.69.